The van der Waals surface area contributed by atoms with Crippen LogP contribution in [-0.2, 0) is 4.74 Å². The van der Waals surface area contributed by atoms with Crippen LogP contribution in [0.1, 0.15) is 36.0 Å². The van der Waals surface area contributed by atoms with Gasteiger partial charge in [0.1, 0.15) is 17.3 Å². The fourth-order valence-electron chi connectivity index (χ4n) is 4.55. The first-order valence-corrected chi connectivity index (χ1v) is 12.5. The molecular formula is C34H34O2. The van der Waals surface area contributed by atoms with Crippen LogP contribution < -0.4 is 4.74 Å². The fourth-order valence-corrected chi connectivity index (χ4v) is 4.55. The lowest BCUT2D eigenvalue weighted by Crippen LogP contribution is -2.12. The van der Waals surface area contributed by atoms with Gasteiger partial charge < -0.3 is 9.47 Å². The van der Waals surface area contributed by atoms with E-state index in [4.69, 9.17) is 9.47 Å². The molecule has 0 aromatic heterocycles. The standard InChI is InChI=1S/C34H34O2/c1-6-8-12-25(4)31-14-11-15-32(34(31)35-7-2)29-22-24(3)21-28(23-29)27-17-19-30(20-18-27)36-33-16-10-9-13-26(33)5/h6,8-14,16-23,32H,1,4,7,15H2,2-3,5H3/b12-8-. The average Bonchev–Trinajstić information content (AvgIpc) is 2.89. The molecule has 36 heavy (non-hydrogen) atoms. The summed E-state index contributed by atoms with van der Waals surface area (Å²) in [6.07, 6.45) is 10.9. The van der Waals surface area contributed by atoms with Gasteiger partial charge in [-0.2, -0.15) is 0 Å². The Morgan fingerprint density at radius 3 is 2.50 bits per heavy atom. The summed E-state index contributed by atoms with van der Waals surface area (Å²) in [6, 6.07) is 23.2. The summed E-state index contributed by atoms with van der Waals surface area (Å²) in [6.45, 7) is 14.9. The minimum Gasteiger partial charge on any atom is -0.497 e. The Labute approximate surface area is 215 Å². The molecule has 0 heterocycles. The van der Waals surface area contributed by atoms with E-state index in [0.29, 0.717) is 6.61 Å². The van der Waals surface area contributed by atoms with E-state index < -0.39 is 0 Å². The summed E-state index contributed by atoms with van der Waals surface area (Å²) in [7, 11) is 0. The van der Waals surface area contributed by atoms with Gasteiger partial charge in [-0.25, -0.2) is 0 Å². The predicted octanol–water partition coefficient (Wildman–Crippen LogP) is 9.40. The van der Waals surface area contributed by atoms with E-state index in [2.05, 4.69) is 75.6 Å². The van der Waals surface area contributed by atoms with Crippen molar-refractivity contribution in [3.8, 4) is 22.6 Å². The van der Waals surface area contributed by atoms with Crippen molar-refractivity contribution in [2.24, 2.45) is 0 Å². The van der Waals surface area contributed by atoms with Crippen molar-refractivity contribution >= 4 is 0 Å². The van der Waals surface area contributed by atoms with Crippen LogP contribution in [0.25, 0.3) is 11.1 Å². The van der Waals surface area contributed by atoms with E-state index in [1.165, 1.54) is 16.7 Å². The van der Waals surface area contributed by atoms with E-state index in [1.54, 1.807) is 6.08 Å². The van der Waals surface area contributed by atoms with Crippen molar-refractivity contribution < 1.29 is 9.47 Å². The lowest BCUT2D eigenvalue weighted by atomic mass is 9.83. The van der Waals surface area contributed by atoms with Gasteiger partial charge in [-0.3, -0.25) is 0 Å². The molecule has 1 atom stereocenters. The molecule has 4 rings (SSSR count). The first-order chi connectivity index (χ1) is 17.5. The molecule has 0 aliphatic heterocycles. The number of allylic oxidation sites excluding steroid dienone is 8. The zero-order valence-corrected chi connectivity index (χ0v) is 21.5. The molecule has 2 heteroatoms. The number of hydrogen-bond donors (Lipinski definition) is 0. The van der Waals surface area contributed by atoms with E-state index >= 15 is 0 Å². The molecule has 0 bridgehead atoms. The van der Waals surface area contributed by atoms with Crippen molar-refractivity contribution in [1.82, 2.24) is 0 Å². The van der Waals surface area contributed by atoms with Crippen molar-refractivity contribution in [3.05, 3.63) is 144 Å². The minimum atomic E-state index is 0.140. The van der Waals surface area contributed by atoms with Crippen molar-refractivity contribution in [2.75, 3.05) is 6.61 Å². The Morgan fingerprint density at radius 2 is 1.78 bits per heavy atom. The van der Waals surface area contributed by atoms with Crippen LogP contribution in [0.2, 0.25) is 0 Å². The first-order valence-electron chi connectivity index (χ1n) is 12.5. The zero-order chi connectivity index (χ0) is 25.5. The number of hydrogen-bond acceptors (Lipinski definition) is 2. The molecule has 3 aromatic rings. The van der Waals surface area contributed by atoms with Crippen LogP contribution in [0.15, 0.2) is 127 Å². The molecule has 3 aromatic carbocycles. The summed E-state index contributed by atoms with van der Waals surface area (Å²) in [4.78, 5) is 0. The maximum absolute atomic E-state index is 6.22. The number of aryl methyl sites for hydroxylation is 2. The molecule has 0 saturated carbocycles. The molecule has 0 spiro atoms. The number of para-hydroxylation sites is 1. The highest BCUT2D eigenvalue weighted by Crippen LogP contribution is 2.39. The van der Waals surface area contributed by atoms with Gasteiger partial charge in [-0.1, -0.05) is 97.6 Å². The van der Waals surface area contributed by atoms with Gasteiger partial charge in [0.15, 0.2) is 0 Å². The largest absolute Gasteiger partial charge is 0.497 e. The number of ether oxygens (including phenoxy) is 2. The second-order valence-corrected chi connectivity index (χ2v) is 9.05. The Morgan fingerprint density at radius 1 is 1.00 bits per heavy atom. The molecule has 1 unspecified atom stereocenters. The van der Waals surface area contributed by atoms with Crippen molar-refractivity contribution in [1.29, 1.82) is 0 Å². The number of benzene rings is 3. The van der Waals surface area contributed by atoms with Gasteiger partial charge in [-0.15, -0.1) is 0 Å². The summed E-state index contributed by atoms with van der Waals surface area (Å²) in [5, 5.41) is 0. The van der Waals surface area contributed by atoms with E-state index in [9.17, 15) is 0 Å². The summed E-state index contributed by atoms with van der Waals surface area (Å²) < 4.78 is 12.3. The van der Waals surface area contributed by atoms with Crippen LogP contribution in [0.4, 0.5) is 0 Å². The second-order valence-electron chi connectivity index (χ2n) is 9.05. The maximum Gasteiger partial charge on any atom is 0.130 e. The maximum atomic E-state index is 6.22. The lowest BCUT2D eigenvalue weighted by molar-refractivity contribution is 0.205. The van der Waals surface area contributed by atoms with E-state index in [0.717, 1.165) is 46.0 Å². The van der Waals surface area contributed by atoms with Crippen molar-refractivity contribution in [2.45, 2.75) is 33.1 Å². The van der Waals surface area contributed by atoms with Crippen LogP contribution in [-0.4, -0.2) is 6.61 Å². The van der Waals surface area contributed by atoms with Crippen LogP contribution in [0.3, 0.4) is 0 Å². The quantitative estimate of drug-likeness (QED) is 0.288. The topological polar surface area (TPSA) is 18.5 Å². The third-order valence-electron chi connectivity index (χ3n) is 6.33. The highest BCUT2D eigenvalue weighted by atomic mass is 16.5. The van der Waals surface area contributed by atoms with E-state index in [-0.39, 0.29) is 5.92 Å². The summed E-state index contributed by atoms with van der Waals surface area (Å²) >= 11 is 0. The molecule has 0 N–H and O–H groups in total. The SMILES string of the molecule is C=C/C=C\C(=C)C1=C(OCC)C(c2cc(C)cc(-c3ccc(Oc4ccccc4C)cc3)c2)CC=C1. The number of rotatable bonds is 9. The van der Waals surface area contributed by atoms with Gasteiger partial charge >= 0.3 is 0 Å². The van der Waals surface area contributed by atoms with E-state index in [1.807, 2.05) is 49.4 Å². The first kappa shape index (κ1) is 25.1. The Balaban J connectivity index is 1.65. The highest BCUT2D eigenvalue weighted by molar-refractivity contribution is 5.67. The predicted molar refractivity (Wildman–Crippen MR) is 151 cm³/mol. The van der Waals surface area contributed by atoms with Crippen LogP contribution >= 0.6 is 0 Å². The van der Waals surface area contributed by atoms with Gasteiger partial charge in [0.25, 0.3) is 0 Å². The zero-order valence-electron chi connectivity index (χ0n) is 21.5. The molecule has 2 nitrogen and oxygen atoms in total. The van der Waals surface area contributed by atoms with Gasteiger partial charge in [0.2, 0.25) is 0 Å². The van der Waals surface area contributed by atoms with Crippen LogP contribution in [0, 0.1) is 13.8 Å². The van der Waals surface area contributed by atoms with Crippen molar-refractivity contribution in [3.63, 3.8) is 0 Å². The smallest absolute Gasteiger partial charge is 0.130 e. The summed E-state index contributed by atoms with van der Waals surface area (Å²) in [5.41, 5.74) is 7.90. The average molecular weight is 475 g/mol. The highest BCUT2D eigenvalue weighted by Gasteiger charge is 2.24. The second kappa shape index (κ2) is 11.6. The van der Waals surface area contributed by atoms with Crippen LogP contribution in [0.5, 0.6) is 11.5 Å². The monoisotopic (exact) mass is 474 g/mol. The third kappa shape index (κ3) is 5.78. The molecule has 0 amide bonds. The Bertz CT molecular complexity index is 1340. The van der Waals surface area contributed by atoms with Gasteiger partial charge in [0.05, 0.1) is 6.61 Å². The molecule has 0 radical (unpaired) electrons. The Hall–Kier alpha value is -4.04. The molecule has 182 valence electrons. The molecule has 0 fully saturated rings. The normalized spacial score (nSPS) is 15.2. The Kier molecular flexibility index (Phi) is 8.07. The third-order valence-corrected chi connectivity index (χ3v) is 6.33. The minimum absolute atomic E-state index is 0.140. The van der Waals surface area contributed by atoms with Gasteiger partial charge in [0, 0.05) is 11.5 Å². The lowest BCUT2D eigenvalue weighted by Gasteiger charge is -2.26. The molecule has 1 aliphatic rings. The summed E-state index contributed by atoms with van der Waals surface area (Å²) in [5.74, 6) is 2.83. The molecule has 1 aliphatic carbocycles. The molecular weight excluding hydrogens is 440 g/mol. The fraction of sp³-hybridized carbons (Fsp3) is 0.176. The van der Waals surface area contributed by atoms with Gasteiger partial charge in [-0.05, 0) is 73.2 Å². The molecule has 0 saturated heterocycles.